The van der Waals surface area contributed by atoms with Gasteiger partial charge in [0.15, 0.2) is 0 Å². The van der Waals surface area contributed by atoms with Gasteiger partial charge in [0.05, 0.1) is 11.0 Å². The Labute approximate surface area is 155 Å². The van der Waals surface area contributed by atoms with Gasteiger partial charge in [-0.05, 0) is 58.3 Å². The van der Waals surface area contributed by atoms with E-state index in [9.17, 15) is 14.7 Å². The smallest absolute Gasteiger partial charge is 0.337 e. The molecule has 1 fully saturated rings. The van der Waals surface area contributed by atoms with Gasteiger partial charge in [0.25, 0.3) is 0 Å². The molecule has 5 atom stereocenters. The standard InChI is InChI=1S/C21H30O5/c1-7-20(5)15(19(3,4)18(23)24)8-9-21(6)16(20)11-13-14(26-21)10-12(2)25-17(13)22/h7,12,15-16H,1,8-11H2,2-6H3,(H,23,24)/t12-,15+,16+,20+,21-/m0/s1. The lowest BCUT2D eigenvalue weighted by atomic mass is 9.48. The number of aliphatic carboxylic acids is 1. The summed E-state index contributed by atoms with van der Waals surface area (Å²) >= 11 is 0. The maximum absolute atomic E-state index is 12.4. The third-order valence-electron chi connectivity index (χ3n) is 7.16. The van der Waals surface area contributed by atoms with Crippen molar-refractivity contribution in [2.75, 3.05) is 0 Å². The van der Waals surface area contributed by atoms with Gasteiger partial charge in [-0.2, -0.15) is 0 Å². The number of esters is 1. The van der Waals surface area contributed by atoms with E-state index in [0.29, 0.717) is 18.4 Å². The Bertz CT molecular complexity index is 691. The molecule has 3 rings (SSSR count). The van der Waals surface area contributed by atoms with Crippen molar-refractivity contribution < 1.29 is 24.2 Å². The van der Waals surface area contributed by atoms with E-state index >= 15 is 0 Å². The first-order chi connectivity index (χ1) is 12.0. The van der Waals surface area contributed by atoms with Crippen LogP contribution in [0, 0.1) is 22.7 Å². The number of hydrogen-bond acceptors (Lipinski definition) is 4. The summed E-state index contributed by atoms with van der Waals surface area (Å²) in [6.07, 6.45) is 4.38. The average molecular weight is 362 g/mol. The number of carbonyl (C=O) groups excluding carboxylic acids is 1. The van der Waals surface area contributed by atoms with E-state index in [1.54, 1.807) is 13.8 Å². The maximum Gasteiger partial charge on any atom is 0.337 e. The van der Waals surface area contributed by atoms with Crippen LogP contribution in [0.5, 0.6) is 0 Å². The zero-order chi connectivity index (χ0) is 19.5. The number of fused-ring (bicyclic) bond motifs is 1. The molecule has 3 aliphatic rings. The van der Waals surface area contributed by atoms with Crippen molar-refractivity contribution in [3.05, 3.63) is 24.0 Å². The second-order valence-corrected chi connectivity index (χ2v) is 9.18. The van der Waals surface area contributed by atoms with Crippen molar-refractivity contribution in [1.29, 1.82) is 0 Å². The van der Waals surface area contributed by atoms with Gasteiger partial charge in [-0.15, -0.1) is 6.58 Å². The fraction of sp³-hybridized carbons (Fsp3) is 0.714. The van der Waals surface area contributed by atoms with Crippen LogP contribution in [-0.4, -0.2) is 28.8 Å². The Morgan fingerprint density at radius 3 is 2.58 bits per heavy atom. The largest absolute Gasteiger partial charge is 0.491 e. The van der Waals surface area contributed by atoms with Gasteiger partial charge in [-0.1, -0.05) is 13.0 Å². The summed E-state index contributed by atoms with van der Waals surface area (Å²) in [5, 5.41) is 9.79. The molecule has 1 N–H and O–H groups in total. The molecular weight excluding hydrogens is 332 g/mol. The minimum Gasteiger partial charge on any atom is -0.491 e. The number of cyclic esters (lactones) is 1. The number of hydrogen-bond donors (Lipinski definition) is 1. The van der Waals surface area contributed by atoms with E-state index in [2.05, 4.69) is 20.4 Å². The lowest BCUT2D eigenvalue weighted by Gasteiger charge is -2.59. The molecule has 1 saturated carbocycles. The summed E-state index contributed by atoms with van der Waals surface area (Å²) in [6, 6.07) is 0. The van der Waals surface area contributed by atoms with Crippen molar-refractivity contribution in [3.8, 4) is 0 Å². The number of carboxylic acids is 1. The van der Waals surface area contributed by atoms with E-state index in [4.69, 9.17) is 9.47 Å². The van der Waals surface area contributed by atoms with Crippen LogP contribution in [0.25, 0.3) is 0 Å². The molecule has 144 valence electrons. The normalized spacial score (nSPS) is 40.0. The first-order valence-corrected chi connectivity index (χ1v) is 9.44. The van der Waals surface area contributed by atoms with Crippen molar-refractivity contribution in [2.24, 2.45) is 22.7 Å². The van der Waals surface area contributed by atoms with Gasteiger partial charge in [0.1, 0.15) is 17.5 Å². The highest BCUT2D eigenvalue weighted by Crippen LogP contribution is 2.61. The second kappa shape index (κ2) is 5.86. The summed E-state index contributed by atoms with van der Waals surface area (Å²) in [5.41, 5.74) is -1.16. The predicted octanol–water partition coefficient (Wildman–Crippen LogP) is 4.08. The molecule has 0 radical (unpaired) electrons. The molecule has 0 saturated heterocycles. The maximum atomic E-state index is 12.4. The topological polar surface area (TPSA) is 72.8 Å². The van der Waals surface area contributed by atoms with Gasteiger partial charge in [0.2, 0.25) is 0 Å². The van der Waals surface area contributed by atoms with Crippen LogP contribution >= 0.6 is 0 Å². The first kappa shape index (κ1) is 19.0. The number of ether oxygens (including phenoxy) is 2. The third kappa shape index (κ3) is 2.58. The van der Waals surface area contributed by atoms with E-state index in [-0.39, 0.29) is 23.9 Å². The summed E-state index contributed by atoms with van der Waals surface area (Å²) in [6.45, 7) is 13.7. The zero-order valence-corrected chi connectivity index (χ0v) is 16.4. The molecule has 0 amide bonds. The molecule has 0 aromatic rings. The van der Waals surface area contributed by atoms with Gasteiger partial charge >= 0.3 is 11.9 Å². The van der Waals surface area contributed by atoms with Crippen LogP contribution in [0.4, 0.5) is 0 Å². The minimum atomic E-state index is -0.888. The lowest BCUT2D eigenvalue weighted by molar-refractivity contribution is -0.180. The predicted molar refractivity (Wildman–Crippen MR) is 97.2 cm³/mol. The fourth-order valence-electron chi connectivity index (χ4n) is 5.53. The molecule has 0 spiro atoms. The highest BCUT2D eigenvalue weighted by molar-refractivity contribution is 5.90. The fourth-order valence-corrected chi connectivity index (χ4v) is 5.53. The zero-order valence-electron chi connectivity index (χ0n) is 16.4. The van der Waals surface area contributed by atoms with Crippen LogP contribution in [-0.2, 0) is 19.1 Å². The Kier molecular flexibility index (Phi) is 4.28. The Morgan fingerprint density at radius 2 is 2.00 bits per heavy atom. The van der Waals surface area contributed by atoms with Gasteiger partial charge < -0.3 is 14.6 Å². The van der Waals surface area contributed by atoms with Crippen LogP contribution < -0.4 is 0 Å². The van der Waals surface area contributed by atoms with Crippen molar-refractivity contribution >= 4 is 11.9 Å². The molecule has 5 nitrogen and oxygen atoms in total. The molecule has 0 bridgehead atoms. The molecule has 5 heteroatoms. The van der Waals surface area contributed by atoms with Gasteiger partial charge in [0, 0.05) is 12.3 Å². The highest BCUT2D eigenvalue weighted by atomic mass is 16.6. The van der Waals surface area contributed by atoms with Gasteiger partial charge in [-0.25, -0.2) is 4.79 Å². The molecule has 26 heavy (non-hydrogen) atoms. The van der Waals surface area contributed by atoms with Crippen molar-refractivity contribution in [2.45, 2.75) is 72.0 Å². The summed E-state index contributed by atoms with van der Waals surface area (Å²) < 4.78 is 11.8. The molecule has 2 aliphatic heterocycles. The van der Waals surface area contributed by atoms with Crippen molar-refractivity contribution in [3.63, 3.8) is 0 Å². The second-order valence-electron chi connectivity index (χ2n) is 9.18. The quantitative estimate of drug-likeness (QED) is 0.605. The number of rotatable bonds is 3. The Hall–Kier alpha value is -1.78. The summed E-state index contributed by atoms with van der Waals surface area (Å²) in [4.78, 5) is 24.4. The average Bonchev–Trinajstić information content (AvgIpc) is 2.52. The van der Waals surface area contributed by atoms with E-state index in [0.717, 1.165) is 18.6 Å². The van der Waals surface area contributed by atoms with E-state index in [1.807, 2.05) is 13.0 Å². The van der Waals surface area contributed by atoms with E-state index < -0.39 is 22.4 Å². The number of carbonyl (C=O) groups is 2. The van der Waals surface area contributed by atoms with Crippen LogP contribution in [0.2, 0.25) is 0 Å². The molecule has 0 aromatic carbocycles. The van der Waals surface area contributed by atoms with E-state index in [1.165, 1.54) is 0 Å². The molecule has 2 heterocycles. The molecule has 1 aliphatic carbocycles. The number of carboxylic acid groups (broad SMARTS) is 1. The van der Waals surface area contributed by atoms with Crippen LogP contribution in [0.1, 0.15) is 60.3 Å². The van der Waals surface area contributed by atoms with Crippen LogP contribution in [0.15, 0.2) is 24.0 Å². The highest BCUT2D eigenvalue weighted by Gasteiger charge is 2.61. The lowest BCUT2D eigenvalue weighted by Crippen LogP contribution is -2.59. The number of allylic oxidation sites excluding steroid dienone is 1. The SMILES string of the molecule is C=C[C@]1(C)[C@@H](C(C)(C)C(=O)O)CC[C@]2(C)OC3=C(C[C@H]12)C(=O)O[C@@H](C)C3. The minimum absolute atomic E-state index is 0.0235. The van der Waals surface area contributed by atoms with Crippen molar-refractivity contribution in [1.82, 2.24) is 0 Å². The Morgan fingerprint density at radius 1 is 1.35 bits per heavy atom. The molecular formula is C21H30O5. The van der Waals surface area contributed by atoms with Gasteiger partial charge in [-0.3, -0.25) is 4.79 Å². The first-order valence-electron chi connectivity index (χ1n) is 9.44. The van der Waals surface area contributed by atoms with Crippen LogP contribution in [0.3, 0.4) is 0 Å². The summed E-state index contributed by atoms with van der Waals surface area (Å²) in [7, 11) is 0. The third-order valence-corrected chi connectivity index (χ3v) is 7.16. The summed E-state index contributed by atoms with van der Waals surface area (Å²) in [5.74, 6) is -0.458. The Balaban J connectivity index is 2.05. The molecule has 0 unspecified atom stereocenters. The molecule has 0 aromatic heterocycles. The monoisotopic (exact) mass is 362 g/mol.